The lowest BCUT2D eigenvalue weighted by Gasteiger charge is -2.11. The molecule has 0 N–H and O–H groups in total. The number of benzene rings is 1. The van der Waals surface area contributed by atoms with E-state index in [2.05, 4.69) is 49.9 Å². The van der Waals surface area contributed by atoms with Crippen molar-refractivity contribution in [3.05, 3.63) is 29.3 Å². The van der Waals surface area contributed by atoms with Crippen LogP contribution in [-0.4, -0.2) is 32.6 Å². The Morgan fingerprint density at radius 2 is 2.00 bits per heavy atom. The summed E-state index contributed by atoms with van der Waals surface area (Å²) < 4.78 is 5.30. The molecule has 0 spiro atoms. The molecule has 0 bridgehead atoms. The van der Waals surface area contributed by atoms with Crippen LogP contribution in [0.15, 0.2) is 18.2 Å². The Labute approximate surface area is 129 Å². The highest BCUT2D eigenvalue weighted by molar-refractivity contribution is 5.85. The normalized spacial score (nSPS) is 9.65. The highest BCUT2D eigenvalue weighted by Gasteiger charge is 2.03. The number of halogens is 1. The van der Waals surface area contributed by atoms with Crippen LogP contribution >= 0.6 is 12.4 Å². The number of nitrogens with zero attached hydrogens (tertiary/aromatic N) is 1. The molecule has 0 aliphatic carbocycles. The Bertz CT molecular complexity index is 446. The number of hydrogen-bond acceptors (Lipinski definition) is 2. The first-order valence-corrected chi connectivity index (χ1v) is 6.98. The van der Waals surface area contributed by atoms with E-state index in [-0.39, 0.29) is 12.4 Å². The molecule has 0 aromatic heterocycles. The van der Waals surface area contributed by atoms with Crippen molar-refractivity contribution in [2.45, 2.75) is 32.6 Å². The van der Waals surface area contributed by atoms with Crippen LogP contribution in [-0.2, 0) is 6.42 Å². The lowest BCUT2D eigenvalue weighted by molar-refractivity contribution is 0.407. The van der Waals surface area contributed by atoms with Gasteiger partial charge < -0.3 is 9.64 Å². The predicted octanol–water partition coefficient (Wildman–Crippen LogP) is 3.76. The van der Waals surface area contributed by atoms with Crippen molar-refractivity contribution < 1.29 is 4.74 Å². The van der Waals surface area contributed by atoms with Crippen LogP contribution < -0.4 is 4.74 Å². The summed E-state index contributed by atoms with van der Waals surface area (Å²) in [6.07, 6.45) is 4.36. The minimum absolute atomic E-state index is 0. The molecule has 1 aromatic carbocycles. The number of likely N-dealkylation sites (N-methyl/N-ethyl adjacent to an activating group) is 1. The van der Waals surface area contributed by atoms with Crippen LogP contribution in [0, 0.1) is 11.8 Å². The van der Waals surface area contributed by atoms with Crippen molar-refractivity contribution in [1.82, 2.24) is 4.90 Å². The third-order valence-electron chi connectivity index (χ3n) is 3.02. The van der Waals surface area contributed by atoms with Crippen LogP contribution in [0.4, 0.5) is 0 Å². The number of unbranched alkanes of at least 4 members (excludes halogenated alkanes) is 2. The highest BCUT2D eigenvalue weighted by atomic mass is 35.5. The van der Waals surface area contributed by atoms with Gasteiger partial charge in [-0.25, -0.2) is 0 Å². The third-order valence-corrected chi connectivity index (χ3v) is 3.02. The lowest BCUT2D eigenvalue weighted by atomic mass is 10.0. The summed E-state index contributed by atoms with van der Waals surface area (Å²) in [6.45, 7) is 3.22. The van der Waals surface area contributed by atoms with E-state index in [4.69, 9.17) is 4.74 Å². The zero-order valence-electron chi connectivity index (χ0n) is 13.0. The zero-order chi connectivity index (χ0) is 14.1. The minimum atomic E-state index is 0. The smallest absolute Gasteiger partial charge is 0.119 e. The number of hydrogen-bond donors (Lipinski definition) is 0. The topological polar surface area (TPSA) is 12.5 Å². The van der Waals surface area contributed by atoms with Gasteiger partial charge in [-0.2, -0.15) is 0 Å². The average Bonchev–Trinajstić information content (AvgIpc) is 2.42. The molecule has 2 nitrogen and oxygen atoms in total. The van der Waals surface area contributed by atoms with E-state index in [1.807, 2.05) is 6.07 Å². The van der Waals surface area contributed by atoms with E-state index >= 15 is 0 Å². The summed E-state index contributed by atoms with van der Waals surface area (Å²) in [4.78, 5) is 2.19. The van der Waals surface area contributed by atoms with Gasteiger partial charge in [0.25, 0.3) is 0 Å². The van der Waals surface area contributed by atoms with E-state index in [9.17, 15) is 0 Å². The number of methoxy groups -OCH3 is 1. The highest BCUT2D eigenvalue weighted by Crippen LogP contribution is 2.18. The zero-order valence-corrected chi connectivity index (χ0v) is 13.8. The summed E-state index contributed by atoms with van der Waals surface area (Å²) in [5.74, 6) is 7.47. The largest absolute Gasteiger partial charge is 0.497 e. The SMILES string of the molecule is CCCCC#Cc1ccc(OC)cc1CCN(C)C.Cl. The van der Waals surface area contributed by atoms with Gasteiger partial charge >= 0.3 is 0 Å². The molecule has 112 valence electrons. The van der Waals surface area contributed by atoms with Crippen LogP contribution in [0.1, 0.15) is 37.3 Å². The van der Waals surface area contributed by atoms with Gasteiger partial charge in [0.15, 0.2) is 0 Å². The van der Waals surface area contributed by atoms with Gasteiger partial charge in [-0.3, -0.25) is 0 Å². The third kappa shape index (κ3) is 6.84. The molecule has 20 heavy (non-hydrogen) atoms. The van der Waals surface area contributed by atoms with Gasteiger partial charge in [-0.15, -0.1) is 12.4 Å². The fourth-order valence-corrected chi connectivity index (χ4v) is 1.79. The molecular formula is C17H26ClNO. The summed E-state index contributed by atoms with van der Waals surface area (Å²) in [5.41, 5.74) is 2.41. The quantitative estimate of drug-likeness (QED) is 0.585. The molecule has 0 radical (unpaired) electrons. The molecule has 0 fully saturated rings. The van der Waals surface area contributed by atoms with Crippen LogP contribution in [0.5, 0.6) is 5.75 Å². The molecule has 1 rings (SSSR count). The van der Waals surface area contributed by atoms with Gasteiger partial charge in [0.05, 0.1) is 7.11 Å². The van der Waals surface area contributed by atoms with Crippen LogP contribution in [0.3, 0.4) is 0 Å². The first kappa shape index (κ1) is 18.8. The van der Waals surface area contributed by atoms with Gasteiger partial charge in [0.2, 0.25) is 0 Å². The van der Waals surface area contributed by atoms with Crippen molar-refractivity contribution >= 4 is 12.4 Å². The molecule has 0 amide bonds. The maximum atomic E-state index is 5.30. The second-order valence-electron chi connectivity index (χ2n) is 4.98. The molecule has 1 aromatic rings. The fraction of sp³-hybridized carbons (Fsp3) is 0.529. The van der Waals surface area contributed by atoms with Gasteiger partial charge in [0, 0.05) is 18.5 Å². The van der Waals surface area contributed by atoms with Gasteiger partial charge in [-0.05, 0) is 50.7 Å². The maximum Gasteiger partial charge on any atom is 0.119 e. The molecule has 0 saturated carbocycles. The first-order chi connectivity index (χ1) is 9.17. The predicted molar refractivity (Wildman–Crippen MR) is 88.9 cm³/mol. The molecule has 0 aliphatic heterocycles. The van der Waals surface area contributed by atoms with E-state index < -0.39 is 0 Å². The second-order valence-corrected chi connectivity index (χ2v) is 4.98. The Morgan fingerprint density at radius 3 is 2.60 bits per heavy atom. The molecule has 0 unspecified atom stereocenters. The van der Waals surface area contributed by atoms with Crippen LogP contribution in [0.25, 0.3) is 0 Å². The van der Waals surface area contributed by atoms with Crippen LogP contribution in [0.2, 0.25) is 0 Å². The molecule has 0 aliphatic rings. The Hall–Kier alpha value is -1.17. The molecule has 0 heterocycles. The summed E-state index contributed by atoms with van der Waals surface area (Å²) in [5, 5.41) is 0. The molecule has 0 saturated heterocycles. The lowest BCUT2D eigenvalue weighted by Crippen LogP contribution is -2.15. The van der Waals surface area contributed by atoms with Gasteiger partial charge in [-0.1, -0.05) is 25.2 Å². The first-order valence-electron chi connectivity index (χ1n) is 6.98. The molecule has 3 heteroatoms. The Morgan fingerprint density at radius 1 is 1.25 bits per heavy atom. The van der Waals surface area contributed by atoms with E-state index in [1.165, 1.54) is 18.4 Å². The summed E-state index contributed by atoms with van der Waals surface area (Å²) in [6, 6.07) is 6.17. The summed E-state index contributed by atoms with van der Waals surface area (Å²) >= 11 is 0. The number of rotatable bonds is 6. The number of ether oxygens (including phenoxy) is 1. The maximum absolute atomic E-state index is 5.30. The van der Waals surface area contributed by atoms with Crippen molar-refractivity contribution in [3.8, 4) is 17.6 Å². The van der Waals surface area contributed by atoms with E-state index in [0.717, 1.165) is 30.7 Å². The average molecular weight is 296 g/mol. The van der Waals surface area contributed by atoms with Crippen molar-refractivity contribution in [2.75, 3.05) is 27.7 Å². The Kier molecular flexibility index (Phi) is 9.98. The van der Waals surface area contributed by atoms with E-state index in [0.29, 0.717) is 0 Å². The Balaban J connectivity index is 0.00000361. The standard InChI is InChI=1S/C17H25NO.ClH/c1-5-6-7-8-9-15-10-11-17(19-4)14-16(15)12-13-18(2)3;/h10-11,14H,5-7,12-13H2,1-4H3;1H. The molecular weight excluding hydrogens is 270 g/mol. The summed E-state index contributed by atoms with van der Waals surface area (Å²) in [7, 11) is 5.89. The minimum Gasteiger partial charge on any atom is -0.497 e. The monoisotopic (exact) mass is 295 g/mol. The molecule has 0 atom stereocenters. The fourth-order valence-electron chi connectivity index (χ4n) is 1.79. The van der Waals surface area contributed by atoms with Crippen molar-refractivity contribution in [3.63, 3.8) is 0 Å². The van der Waals surface area contributed by atoms with Crippen molar-refractivity contribution in [2.24, 2.45) is 0 Å². The van der Waals surface area contributed by atoms with Crippen molar-refractivity contribution in [1.29, 1.82) is 0 Å². The second kappa shape index (κ2) is 10.6. The van der Waals surface area contributed by atoms with E-state index in [1.54, 1.807) is 7.11 Å². The van der Waals surface area contributed by atoms with Gasteiger partial charge in [0.1, 0.15) is 5.75 Å².